The summed E-state index contributed by atoms with van der Waals surface area (Å²) in [6, 6.07) is 2.99. The van der Waals surface area contributed by atoms with E-state index < -0.39 is 17.9 Å². The molecule has 0 heterocycles. The minimum absolute atomic E-state index is 0.0500. The molecule has 0 aliphatic rings. The second kappa shape index (κ2) is 6.08. The molecule has 1 atom stereocenters. The summed E-state index contributed by atoms with van der Waals surface area (Å²) in [5, 5.41) is 29.9. The second-order valence-corrected chi connectivity index (χ2v) is 4.66. The number of rotatable bonds is 5. The summed E-state index contributed by atoms with van der Waals surface area (Å²) < 4.78 is 0. The Kier molecular flexibility index (Phi) is 4.74. The average molecular weight is 267 g/mol. The maximum Gasteiger partial charge on any atom is 0.305 e. The van der Waals surface area contributed by atoms with Crippen molar-refractivity contribution in [3.63, 3.8) is 0 Å². The van der Waals surface area contributed by atoms with Gasteiger partial charge in [0, 0.05) is 17.7 Å². The number of carboxylic acids is 1. The highest BCUT2D eigenvalue weighted by Crippen LogP contribution is 2.20. The van der Waals surface area contributed by atoms with E-state index in [1.165, 1.54) is 12.1 Å². The zero-order valence-corrected chi connectivity index (χ0v) is 10.8. The minimum atomic E-state index is -1.00. The van der Waals surface area contributed by atoms with Gasteiger partial charge in [0.2, 0.25) is 0 Å². The molecule has 0 saturated carbocycles. The van der Waals surface area contributed by atoms with Crippen molar-refractivity contribution in [2.24, 2.45) is 5.92 Å². The van der Waals surface area contributed by atoms with Crippen LogP contribution in [0.15, 0.2) is 18.2 Å². The van der Waals surface area contributed by atoms with E-state index in [9.17, 15) is 19.8 Å². The molecule has 6 heteroatoms. The molecule has 0 aliphatic carbocycles. The number of benzene rings is 1. The van der Waals surface area contributed by atoms with Gasteiger partial charge >= 0.3 is 5.97 Å². The third-order valence-corrected chi connectivity index (χ3v) is 2.68. The van der Waals surface area contributed by atoms with Crippen molar-refractivity contribution in [3.8, 4) is 11.5 Å². The number of hydrogen-bond donors (Lipinski definition) is 4. The van der Waals surface area contributed by atoms with Crippen LogP contribution in [0.4, 0.5) is 0 Å². The Hall–Kier alpha value is -2.24. The van der Waals surface area contributed by atoms with Gasteiger partial charge in [0.15, 0.2) is 0 Å². The van der Waals surface area contributed by atoms with Crippen LogP contribution >= 0.6 is 0 Å². The lowest BCUT2D eigenvalue weighted by atomic mass is 10.0. The van der Waals surface area contributed by atoms with E-state index in [1.54, 1.807) is 13.8 Å². The van der Waals surface area contributed by atoms with Gasteiger partial charge in [0.05, 0.1) is 6.42 Å². The molecule has 1 aromatic rings. The number of phenolic OH excluding ortho intramolecular Hbond substituents is 2. The van der Waals surface area contributed by atoms with Crippen molar-refractivity contribution < 1.29 is 24.9 Å². The summed E-state index contributed by atoms with van der Waals surface area (Å²) in [6.07, 6.45) is -0.186. The number of carbonyl (C=O) groups excluding carboxylic acids is 1. The molecule has 0 fully saturated rings. The fourth-order valence-electron chi connectivity index (χ4n) is 1.62. The van der Waals surface area contributed by atoms with Gasteiger partial charge in [0.1, 0.15) is 11.5 Å². The number of phenols is 2. The van der Waals surface area contributed by atoms with Crippen LogP contribution in [0, 0.1) is 5.92 Å². The van der Waals surface area contributed by atoms with E-state index in [-0.39, 0.29) is 29.4 Å². The summed E-state index contributed by atoms with van der Waals surface area (Å²) in [6.45, 7) is 3.60. The van der Waals surface area contributed by atoms with E-state index in [2.05, 4.69) is 5.32 Å². The molecule has 1 amide bonds. The van der Waals surface area contributed by atoms with Crippen LogP contribution in [0.5, 0.6) is 11.5 Å². The Morgan fingerprint density at radius 3 is 2.11 bits per heavy atom. The average Bonchev–Trinajstić information content (AvgIpc) is 2.25. The normalized spacial score (nSPS) is 12.2. The van der Waals surface area contributed by atoms with Crippen molar-refractivity contribution in [2.45, 2.75) is 26.3 Å². The summed E-state index contributed by atoms with van der Waals surface area (Å²) in [5.41, 5.74) is 0.0774. The molecule has 0 radical (unpaired) electrons. The molecule has 19 heavy (non-hydrogen) atoms. The molecule has 6 nitrogen and oxygen atoms in total. The van der Waals surface area contributed by atoms with E-state index in [4.69, 9.17) is 5.11 Å². The van der Waals surface area contributed by atoms with Crippen LogP contribution in [0.1, 0.15) is 30.6 Å². The molecule has 0 aliphatic heterocycles. The van der Waals surface area contributed by atoms with Crippen molar-refractivity contribution in [1.29, 1.82) is 0 Å². The first-order valence-corrected chi connectivity index (χ1v) is 5.85. The van der Waals surface area contributed by atoms with E-state index in [0.717, 1.165) is 6.07 Å². The maximum absolute atomic E-state index is 11.9. The number of aromatic hydroxyl groups is 2. The number of aliphatic carboxylic acids is 1. The highest BCUT2D eigenvalue weighted by molar-refractivity contribution is 5.95. The van der Waals surface area contributed by atoms with Crippen LogP contribution in [0.2, 0.25) is 0 Å². The molecule has 0 spiro atoms. The highest BCUT2D eigenvalue weighted by atomic mass is 16.4. The van der Waals surface area contributed by atoms with Gasteiger partial charge < -0.3 is 20.6 Å². The first-order chi connectivity index (χ1) is 8.79. The maximum atomic E-state index is 11.9. The monoisotopic (exact) mass is 267 g/mol. The SMILES string of the molecule is CC(C)C(CC(=O)O)NC(=O)c1cc(O)cc(O)c1. The quantitative estimate of drug-likeness (QED) is 0.643. The number of carbonyl (C=O) groups is 2. The molecule has 0 aromatic heterocycles. The Labute approximate surface area is 110 Å². The Morgan fingerprint density at radius 1 is 1.16 bits per heavy atom. The Bertz CT molecular complexity index is 464. The molecule has 1 aromatic carbocycles. The summed E-state index contributed by atoms with van der Waals surface area (Å²) in [4.78, 5) is 22.6. The standard InChI is InChI=1S/C13H17NO5/c1-7(2)11(6-12(17)18)14-13(19)8-3-9(15)5-10(16)4-8/h3-5,7,11,15-16H,6H2,1-2H3,(H,14,19)(H,17,18). The fourth-order valence-corrected chi connectivity index (χ4v) is 1.62. The molecule has 0 bridgehead atoms. The smallest absolute Gasteiger partial charge is 0.305 e. The van der Waals surface area contributed by atoms with Crippen molar-refractivity contribution in [1.82, 2.24) is 5.32 Å². The molecule has 1 unspecified atom stereocenters. The Morgan fingerprint density at radius 2 is 1.68 bits per heavy atom. The van der Waals surface area contributed by atoms with Crippen molar-refractivity contribution >= 4 is 11.9 Å². The summed E-state index contributed by atoms with van der Waals surface area (Å²) in [5.74, 6) is -2.05. The number of carboxylic acid groups (broad SMARTS) is 1. The van der Waals surface area contributed by atoms with Crippen LogP contribution in [0.3, 0.4) is 0 Å². The van der Waals surface area contributed by atoms with Gasteiger partial charge in [-0.25, -0.2) is 0 Å². The van der Waals surface area contributed by atoms with Crippen LogP contribution in [0.25, 0.3) is 0 Å². The predicted octanol–water partition coefficient (Wildman–Crippen LogP) is 1.33. The van der Waals surface area contributed by atoms with E-state index >= 15 is 0 Å². The lowest BCUT2D eigenvalue weighted by Gasteiger charge is -2.20. The van der Waals surface area contributed by atoms with Crippen LogP contribution < -0.4 is 5.32 Å². The number of hydrogen-bond acceptors (Lipinski definition) is 4. The van der Waals surface area contributed by atoms with Gasteiger partial charge in [0.25, 0.3) is 5.91 Å². The lowest BCUT2D eigenvalue weighted by Crippen LogP contribution is -2.40. The minimum Gasteiger partial charge on any atom is -0.508 e. The molecular formula is C13H17NO5. The Balaban J connectivity index is 2.84. The summed E-state index contributed by atoms with van der Waals surface area (Å²) in [7, 11) is 0. The lowest BCUT2D eigenvalue weighted by molar-refractivity contribution is -0.137. The van der Waals surface area contributed by atoms with Crippen LogP contribution in [-0.2, 0) is 4.79 Å². The molecule has 0 saturated heterocycles. The van der Waals surface area contributed by atoms with Crippen molar-refractivity contribution in [2.75, 3.05) is 0 Å². The van der Waals surface area contributed by atoms with Gasteiger partial charge in [-0.1, -0.05) is 13.8 Å². The molecule has 1 rings (SSSR count). The summed E-state index contributed by atoms with van der Waals surface area (Å²) >= 11 is 0. The van der Waals surface area contributed by atoms with Gasteiger partial charge in [-0.15, -0.1) is 0 Å². The number of nitrogens with one attached hydrogen (secondary N) is 1. The molecular weight excluding hydrogens is 250 g/mol. The number of amides is 1. The zero-order valence-electron chi connectivity index (χ0n) is 10.8. The fraction of sp³-hybridized carbons (Fsp3) is 0.385. The van der Waals surface area contributed by atoms with Gasteiger partial charge in [-0.05, 0) is 18.1 Å². The largest absolute Gasteiger partial charge is 0.508 e. The third kappa shape index (κ3) is 4.50. The second-order valence-electron chi connectivity index (χ2n) is 4.66. The first kappa shape index (κ1) is 14.8. The zero-order chi connectivity index (χ0) is 14.6. The third-order valence-electron chi connectivity index (χ3n) is 2.68. The molecule has 4 N–H and O–H groups in total. The van der Waals surface area contributed by atoms with Gasteiger partial charge in [-0.3, -0.25) is 9.59 Å². The predicted molar refractivity (Wildman–Crippen MR) is 68.1 cm³/mol. The highest BCUT2D eigenvalue weighted by Gasteiger charge is 2.20. The van der Waals surface area contributed by atoms with Gasteiger partial charge in [-0.2, -0.15) is 0 Å². The van der Waals surface area contributed by atoms with E-state index in [1.807, 2.05) is 0 Å². The first-order valence-electron chi connectivity index (χ1n) is 5.85. The van der Waals surface area contributed by atoms with E-state index in [0.29, 0.717) is 0 Å². The molecule has 104 valence electrons. The van der Waals surface area contributed by atoms with Crippen molar-refractivity contribution in [3.05, 3.63) is 23.8 Å². The topological polar surface area (TPSA) is 107 Å². The van der Waals surface area contributed by atoms with Crippen LogP contribution in [-0.4, -0.2) is 33.2 Å².